The fraction of sp³-hybridized carbons (Fsp3) is 0.412. The van der Waals surface area contributed by atoms with Gasteiger partial charge in [0.1, 0.15) is 0 Å². The number of phenolic OH excluding ortho intramolecular Hbond substituents is 2. The second kappa shape index (κ2) is 7.73. The number of ether oxygens (including phenoxy) is 2. The summed E-state index contributed by atoms with van der Waals surface area (Å²) in [5.74, 6) is -2.86. The first-order valence-electron chi connectivity index (χ1n) is 7.74. The van der Waals surface area contributed by atoms with Gasteiger partial charge in [0.25, 0.3) is 0 Å². The van der Waals surface area contributed by atoms with Gasteiger partial charge >= 0.3 is 11.9 Å². The number of aromatic hydroxyl groups is 2. The van der Waals surface area contributed by atoms with Crippen LogP contribution in [-0.4, -0.2) is 68.5 Å². The van der Waals surface area contributed by atoms with Crippen molar-refractivity contribution in [3.8, 4) is 11.5 Å². The van der Waals surface area contributed by atoms with Crippen molar-refractivity contribution in [3.63, 3.8) is 0 Å². The molecule has 0 aliphatic heterocycles. The van der Waals surface area contributed by atoms with E-state index in [4.69, 9.17) is 9.47 Å². The van der Waals surface area contributed by atoms with Crippen LogP contribution in [-0.2, 0) is 19.1 Å². The van der Waals surface area contributed by atoms with Crippen molar-refractivity contribution in [2.45, 2.75) is 36.8 Å². The van der Waals surface area contributed by atoms with E-state index in [0.29, 0.717) is 5.56 Å². The Hall–Kier alpha value is -2.62. The summed E-state index contributed by atoms with van der Waals surface area (Å²) in [7, 11) is 1.16. The molecule has 1 fully saturated rings. The number of aliphatic hydroxyl groups excluding tert-OH is 2. The molecule has 9 nitrogen and oxygen atoms in total. The SMILES string of the molecule is COC1(C(=O)O)C[C@@H](O)C(OC(=O)C=Cc2ccc(O)c(O)c2)[C@H](O)C1. The minimum Gasteiger partial charge on any atom is -0.504 e. The lowest BCUT2D eigenvalue weighted by Gasteiger charge is -2.41. The highest BCUT2D eigenvalue weighted by Gasteiger charge is 2.51. The Bertz CT molecular complexity index is 700. The molecule has 2 atom stereocenters. The van der Waals surface area contributed by atoms with Gasteiger partial charge in [-0.15, -0.1) is 0 Å². The Kier molecular flexibility index (Phi) is 5.86. The molecule has 0 unspecified atom stereocenters. The minimum atomic E-state index is -1.75. The van der Waals surface area contributed by atoms with Crippen molar-refractivity contribution in [1.29, 1.82) is 0 Å². The van der Waals surface area contributed by atoms with E-state index >= 15 is 0 Å². The van der Waals surface area contributed by atoms with E-state index < -0.39 is 35.9 Å². The summed E-state index contributed by atoms with van der Waals surface area (Å²) in [6, 6.07) is 3.91. The molecule has 0 aromatic heterocycles. The molecule has 1 saturated carbocycles. The van der Waals surface area contributed by atoms with Gasteiger partial charge in [-0.25, -0.2) is 9.59 Å². The van der Waals surface area contributed by atoms with Crippen LogP contribution in [0.3, 0.4) is 0 Å². The number of carbonyl (C=O) groups excluding carboxylic acids is 1. The minimum absolute atomic E-state index is 0.307. The van der Waals surface area contributed by atoms with E-state index in [1.54, 1.807) is 0 Å². The van der Waals surface area contributed by atoms with Gasteiger partial charge in [-0.05, 0) is 23.8 Å². The van der Waals surface area contributed by atoms with E-state index in [0.717, 1.165) is 13.2 Å². The van der Waals surface area contributed by atoms with Gasteiger partial charge in [0.05, 0.1) is 12.2 Å². The molecule has 0 spiro atoms. The maximum atomic E-state index is 11.9. The van der Waals surface area contributed by atoms with Crippen LogP contribution < -0.4 is 0 Å². The first-order valence-corrected chi connectivity index (χ1v) is 7.74. The Morgan fingerprint density at radius 3 is 2.27 bits per heavy atom. The molecule has 1 aromatic rings. The molecule has 0 heterocycles. The molecule has 5 N–H and O–H groups in total. The molecular formula is C17H20O9. The smallest absolute Gasteiger partial charge is 0.336 e. The maximum absolute atomic E-state index is 11.9. The van der Waals surface area contributed by atoms with Gasteiger partial charge in [-0.1, -0.05) is 6.07 Å². The van der Waals surface area contributed by atoms with E-state index in [9.17, 15) is 35.1 Å². The molecule has 2 rings (SSSR count). The van der Waals surface area contributed by atoms with Crippen molar-refractivity contribution in [3.05, 3.63) is 29.8 Å². The summed E-state index contributed by atoms with van der Waals surface area (Å²) in [6.07, 6.45) is -2.52. The quantitative estimate of drug-likeness (QED) is 0.275. The highest BCUT2D eigenvalue weighted by atomic mass is 16.6. The maximum Gasteiger partial charge on any atom is 0.336 e. The summed E-state index contributed by atoms with van der Waals surface area (Å²) < 4.78 is 9.97. The van der Waals surface area contributed by atoms with Crippen LogP contribution >= 0.6 is 0 Å². The molecule has 0 bridgehead atoms. The molecule has 9 heteroatoms. The average molecular weight is 368 g/mol. The lowest BCUT2D eigenvalue weighted by Crippen LogP contribution is -2.58. The van der Waals surface area contributed by atoms with Crippen LogP contribution in [0.4, 0.5) is 0 Å². The zero-order chi connectivity index (χ0) is 19.5. The second-order valence-corrected chi connectivity index (χ2v) is 6.03. The summed E-state index contributed by atoms with van der Waals surface area (Å²) in [4.78, 5) is 23.2. The van der Waals surface area contributed by atoms with Gasteiger partial charge in [0.2, 0.25) is 0 Å². The highest BCUT2D eigenvalue weighted by Crippen LogP contribution is 2.34. The van der Waals surface area contributed by atoms with E-state index in [1.807, 2.05) is 0 Å². The predicted molar refractivity (Wildman–Crippen MR) is 87.3 cm³/mol. The summed E-state index contributed by atoms with van der Waals surface area (Å²) in [5, 5.41) is 48.0. The molecule has 1 aromatic carbocycles. The van der Waals surface area contributed by atoms with Crippen LogP contribution in [0.25, 0.3) is 6.08 Å². The zero-order valence-corrected chi connectivity index (χ0v) is 13.9. The number of carbonyl (C=O) groups is 2. The number of carboxylic acid groups (broad SMARTS) is 1. The number of aliphatic carboxylic acids is 1. The molecule has 1 aliphatic rings. The summed E-state index contributed by atoms with van der Waals surface area (Å²) in [5.41, 5.74) is -1.34. The molecule has 0 saturated heterocycles. The van der Waals surface area contributed by atoms with E-state index in [1.165, 1.54) is 24.3 Å². The lowest BCUT2D eigenvalue weighted by molar-refractivity contribution is -0.202. The van der Waals surface area contributed by atoms with Crippen LogP contribution in [0.2, 0.25) is 0 Å². The third-order valence-electron chi connectivity index (χ3n) is 4.28. The van der Waals surface area contributed by atoms with Crippen molar-refractivity contribution < 1.29 is 44.6 Å². The summed E-state index contributed by atoms with van der Waals surface area (Å²) in [6.45, 7) is 0. The van der Waals surface area contributed by atoms with Crippen molar-refractivity contribution >= 4 is 18.0 Å². The number of carboxylic acids is 1. The normalized spacial score (nSPS) is 28.8. The number of phenols is 2. The molecule has 142 valence electrons. The first-order chi connectivity index (χ1) is 12.2. The van der Waals surface area contributed by atoms with Gasteiger partial charge in [-0.2, -0.15) is 0 Å². The van der Waals surface area contributed by atoms with E-state index in [-0.39, 0.29) is 24.3 Å². The third-order valence-corrected chi connectivity index (χ3v) is 4.28. The average Bonchev–Trinajstić information content (AvgIpc) is 2.58. The molecule has 0 amide bonds. The van der Waals surface area contributed by atoms with Gasteiger partial charge in [0.15, 0.2) is 23.2 Å². The fourth-order valence-corrected chi connectivity index (χ4v) is 2.82. The summed E-state index contributed by atoms with van der Waals surface area (Å²) >= 11 is 0. The predicted octanol–water partition coefficient (Wildman–Crippen LogP) is 0.00820. The number of esters is 1. The van der Waals surface area contributed by atoms with E-state index in [2.05, 4.69) is 0 Å². The van der Waals surface area contributed by atoms with Crippen molar-refractivity contribution in [1.82, 2.24) is 0 Å². The number of hydrogen-bond acceptors (Lipinski definition) is 8. The Balaban J connectivity index is 2.03. The third kappa shape index (κ3) is 4.13. The van der Waals surface area contributed by atoms with Gasteiger partial charge in [0, 0.05) is 26.0 Å². The number of benzene rings is 1. The van der Waals surface area contributed by atoms with Crippen molar-refractivity contribution in [2.75, 3.05) is 7.11 Å². The van der Waals surface area contributed by atoms with Crippen LogP contribution in [0.15, 0.2) is 24.3 Å². The van der Waals surface area contributed by atoms with Gasteiger partial charge < -0.3 is 35.0 Å². The fourth-order valence-electron chi connectivity index (χ4n) is 2.82. The molecule has 26 heavy (non-hydrogen) atoms. The van der Waals surface area contributed by atoms with Crippen LogP contribution in [0.5, 0.6) is 11.5 Å². The Labute approximate surface area is 148 Å². The monoisotopic (exact) mass is 368 g/mol. The van der Waals surface area contributed by atoms with Crippen LogP contribution in [0.1, 0.15) is 18.4 Å². The highest BCUT2D eigenvalue weighted by molar-refractivity contribution is 5.87. The Morgan fingerprint density at radius 2 is 1.77 bits per heavy atom. The molecule has 1 aliphatic carbocycles. The number of aliphatic hydroxyl groups is 2. The first kappa shape index (κ1) is 19.7. The molecular weight excluding hydrogens is 348 g/mol. The number of methoxy groups -OCH3 is 1. The standard InChI is InChI=1S/C17H20O9/c1-25-17(16(23)24)7-12(20)15(13(21)8-17)26-14(22)5-3-9-2-4-10(18)11(19)6-9/h2-6,12-13,15,18-21H,7-8H2,1H3,(H,23,24)/t12-,13-,15?,17?/m1/s1. The lowest BCUT2D eigenvalue weighted by atomic mass is 9.79. The topological polar surface area (TPSA) is 154 Å². The van der Waals surface area contributed by atoms with Gasteiger partial charge in [-0.3, -0.25) is 0 Å². The zero-order valence-electron chi connectivity index (χ0n) is 13.9. The van der Waals surface area contributed by atoms with Crippen molar-refractivity contribution in [2.24, 2.45) is 0 Å². The van der Waals surface area contributed by atoms with Crippen LogP contribution in [0, 0.1) is 0 Å². The Morgan fingerprint density at radius 1 is 1.15 bits per heavy atom. The number of hydrogen-bond donors (Lipinski definition) is 5. The molecule has 0 radical (unpaired) electrons. The number of rotatable bonds is 5. The second-order valence-electron chi connectivity index (χ2n) is 6.03. The largest absolute Gasteiger partial charge is 0.504 e.